The molecule has 114 valence electrons. The first-order valence-electron chi connectivity index (χ1n) is 6.17. The number of hydrogen-bond acceptors (Lipinski definition) is 6. The van der Waals surface area contributed by atoms with Gasteiger partial charge < -0.3 is 14.9 Å². The third kappa shape index (κ3) is 3.41. The summed E-state index contributed by atoms with van der Waals surface area (Å²) in [7, 11) is -2.27. The fraction of sp³-hybridized carbons (Fsp3) is 0.308. The van der Waals surface area contributed by atoms with Gasteiger partial charge >= 0.3 is 0 Å². The molecule has 8 heteroatoms. The normalized spacial score (nSPS) is 13.1. The van der Waals surface area contributed by atoms with Gasteiger partial charge in [-0.15, -0.1) is 0 Å². The highest BCUT2D eigenvalue weighted by Gasteiger charge is 2.24. The number of rotatable bonds is 6. The topological polar surface area (TPSA) is 102 Å². The highest BCUT2D eigenvalue weighted by atomic mass is 32.2. The predicted molar refractivity (Wildman–Crippen MR) is 75.3 cm³/mol. The fourth-order valence-corrected chi connectivity index (χ4v) is 3.29. The molecule has 1 aromatic heterocycles. The lowest BCUT2D eigenvalue weighted by Crippen LogP contribution is -2.26. The van der Waals surface area contributed by atoms with Gasteiger partial charge in [-0.3, -0.25) is 4.57 Å². The van der Waals surface area contributed by atoms with Crippen LogP contribution in [0.3, 0.4) is 0 Å². The standard InChI is InChI=1S/C13H16N2O5S/c1-20-12-4-2-10(3-5-12)15-7-6-14-13(15)21(18,19)9-11(17)8-16/h2-7,11,16-17H,8-9H2,1H3. The van der Waals surface area contributed by atoms with Gasteiger partial charge in [0.1, 0.15) is 5.75 Å². The molecule has 0 aliphatic heterocycles. The average Bonchev–Trinajstić information content (AvgIpc) is 2.97. The minimum atomic E-state index is -3.81. The Kier molecular flexibility index (Phi) is 4.61. The van der Waals surface area contributed by atoms with Gasteiger partial charge in [-0.05, 0) is 24.3 Å². The van der Waals surface area contributed by atoms with Gasteiger partial charge in [0.2, 0.25) is 15.0 Å². The smallest absolute Gasteiger partial charge is 0.232 e. The number of aliphatic hydroxyl groups excluding tert-OH is 2. The van der Waals surface area contributed by atoms with Crippen molar-refractivity contribution in [3.8, 4) is 11.4 Å². The van der Waals surface area contributed by atoms with Gasteiger partial charge in [-0.1, -0.05) is 0 Å². The van der Waals surface area contributed by atoms with Crippen molar-refractivity contribution in [2.45, 2.75) is 11.3 Å². The zero-order valence-corrected chi connectivity index (χ0v) is 12.2. The Labute approximate surface area is 122 Å². The maximum atomic E-state index is 12.2. The number of benzene rings is 1. The SMILES string of the molecule is COc1ccc(-n2ccnc2S(=O)(=O)CC(O)CO)cc1. The van der Waals surface area contributed by atoms with Crippen LogP contribution < -0.4 is 4.74 Å². The molecule has 0 aliphatic carbocycles. The van der Waals surface area contributed by atoms with E-state index in [-0.39, 0.29) is 5.16 Å². The van der Waals surface area contributed by atoms with E-state index < -0.39 is 28.3 Å². The zero-order valence-electron chi connectivity index (χ0n) is 11.4. The average molecular weight is 312 g/mol. The van der Waals surface area contributed by atoms with Crippen molar-refractivity contribution in [3.05, 3.63) is 36.7 Å². The summed E-state index contributed by atoms with van der Waals surface area (Å²) in [6, 6.07) is 6.80. The molecular formula is C13H16N2O5S. The monoisotopic (exact) mass is 312 g/mol. The summed E-state index contributed by atoms with van der Waals surface area (Å²) in [4.78, 5) is 3.85. The molecule has 2 N–H and O–H groups in total. The molecule has 7 nitrogen and oxygen atoms in total. The van der Waals surface area contributed by atoms with E-state index in [4.69, 9.17) is 9.84 Å². The van der Waals surface area contributed by atoms with Gasteiger partial charge in [0.25, 0.3) is 0 Å². The van der Waals surface area contributed by atoms with Gasteiger partial charge in [0.15, 0.2) is 0 Å². The molecule has 0 saturated heterocycles. The fourth-order valence-electron chi connectivity index (χ4n) is 1.84. The summed E-state index contributed by atoms with van der Waals surface area (Å²) in [5, 5.41) is 17.9. The van der Waals surface area contributed by atoms with E-state index in [1.54, 1.807) is 31.4 Å². The Morgan fingerprint density at radius 3 is 2.57 bits per heavy atom. The summed E-state index contributed by atoms with van der Waals surface area (Å²) in [6.07, 6.45) is 1.54. The molecule has 0 radical (unpaired) electrons. The molecule has 0 bridgehead atoms. The highest BCUT2D eigenvalue weighted by molar-refractivity contribution is 7.91. The first-order chi connectivity index (χ1) is 9.97. The van der Waals surface area contributed by atoms with E-state index in [9.17, 15) is 13.5 Å². The number of methoxy groups -OCH3 is 1. The van der Waals surface area contributed by atoms with Crippen molar-refractivity contribution >= 4 is 9.84 Å². The summed E-state index contributed by atoms with van der Waals surface area (Å²) in [6.45, 7) is -0.623. The largest absolute Gasteiger partial charge is 0.497 e. The van der Waals surface area contributed by atoms with Crippen LogP contribution >= 0.6 is 0 Å². The first kappa shape index (κ1) is 15.5. The lowest BCUT2D eigenvalue weighted by atomic mass is 10.3. The number of aliphatic hydroxyl groups is 2. The van der Waals surface area contributed by atoms with E-state index in [2.05, 4.69) is 4.98 Å². The van der Waals surface area contributed by atoms with Crippen LogP contribution in [0, 0.1) is 0 Å². The molecule has 0 saturated carbocycles. The third-order valence-corrected chi connectivity index (χ3v) is 4.54. The van der Waals surface area contributed by atoms with E-state index in [1.165, 1.54) is 17.0 Å². The number of imidazole rings is 1. The lowest BCUT2D eigenvalue weighted by Gasteiger charge is -2.11. The molecule has 1 atom stereocenters. The van der Waals surface area contributed by atoms with Crippen molar-refractivity contribution < 1.29 is 23.4 Å². The summed E-state index contributed by atoms with van der Waals surface area (Å²) in [5.41, 5.74) is 0.602. The molecule has 1 aromatic carbocycles. The minimum absolute atomic E-state index is 0.180. The number of aromatic nitrogens is 2. The van der Waals surface area contributed by atoms with Gasteiger partial charge in [0, 0.05) is 18.1 Å². The van der Waals surface area contributed by atoms with E-state index in [1.807, 2.05) is 0 Å². The van der Waals surface area contributed by atoms with Gasteiger partial charge in [-0.2, -0.15) is 0 Å². The van der Waals surface area contributed by atoms with Crippen molar-refractivity contribution in [2.75, 3.05) is 19.5 Å². The van der Waals surface area contributed by atoms with Gasteiger partial charge in [0.05, 0.1) is 25.6 Å². The number of hydrogen-bond donors (Lipinski definition) is 2. The molecule has 0 fully saturated rings. The second-order valence-electron chi connectivity index (χ2n) is 4.40. The number of nitrogens with zero attached hydrogens (tertiary/aromatic N) is 2. The van der Waals surface area contributed by atoms with Crippen LogP contribution in [0.15, 0.2) is 41.8 Å². The van der Waals surface area contributed by atoms with Crippen molar-refractivity contribution in [3.63, 3.8) is 0 Å². The van der Waals surface area contributed by atoms with Crippen LogP contribution in [0.1, 0.15) is 0 Å². The molecule has 2 rings (SSSR count). The van der Waals surface area contributed by atoms with E-state index in [0.29, 0.717) is 11.4 Å². The second kappa shape index (κ2) is 6.25. The summed E-state index contributed by atoms with van der Waals surface area (Å²) in [5.74, 6) is 0.0652. The van der Waals surface area contributed by atoms with Crippen LogP contribution in [-0.2, 0) is 9.84 Å². The molecule has 0 aliphatic rings. The minimum Gasteiger partial charge on any atom is -0.497 e. The maximum Gasteiger partial charge on any atom is 0.232 e. The Morgan fingerprint density at radius 1 is 1.33 bits per heavy atom. The summed E-state index contributed by atoms with van der Waals surface area (Å²) >= 11 is 0. The van der Waals surface area contributed by atoms with Crippen molar-refractivity contribution in [1.82, 2.24) is 9.55 Å². The Balaban J connectivity index is 2.37. The van der Waals surface area contributed by atoms with Crippen LogP contribution in [0.4, 0.5) is 0 Å². The molecule has 0 spiro atoms. The quantitative estimate of drug-likeness (QED) is 0.779. The van der Waals surface area contributed by atoms with Crippen LogP contribution in [0.2, 0.25) is 0 Å². The molecule has 1 heterocycles. The third-order valence-electron chi connectivity index (χ3n) is 2.86. The van der Waals surface area contributed by atoms with Crippen molar-refractivity contribution in [1.29, 1.82) is 0 Å². The molecule has 21 heavy (non-hydrogen) atoms. The van der Waals surface area contributed by atoms with Crippen LogP contribution in [0.5, 0.6) is 5.75 Å². The zero-order chi connectivity index (χ0) is 15.5. The first-order valence-corrected chi connectivity index (χ1v) is 7.82. The molecule has 2 aromatic rings. The molecular weight excluding hydrogens is 296 g/mol. The van der Waals surface area contributed by atoms with Gasteiger partial charge in [-0.25, -0.2) is 13.4 Å². The number of sulfone groups is 1. The van der Waals surface area contributed by atoms with Crippen molar-refractivity contribution in [2.24, 2.45) is 0 Å². The Bertz CT molecular complexity index is 694. The number of ether oxygens (including phenoxy) is 1. The van der Waals surface area contributed by atoms with E-state index in [0.717, 1.165) is 0 Å². The Morgan fingerprint density at radius 2 is 2.00 bits per heavy atom. The van der Waals surface area contributed by atoms with E-state index >= 15 is 0 Å². The summed E-state index contributed by atoms with van der Waals surface area (Å²) < 4.78 is 30.9. The van der Waals surface area contributed by atoms with Crippen LogP contribution in [-0.4, -0.2) is 53.8 Å². The Hall–Kier alpha value is -1.90. The molecule has 0 amide bonds. The highest BCUT2D eigenvalue weighted by Crippen LogP contribution is 2.19. The lowest BCUT2D eigenvalue weighted by molar-refractivity contribution is 0.112. The van der Waals surface area contributed by atoms with Crippen LogP contribution in [0.25, 0.3) is 5.69 Å². The molecule has 1 unspecified atom stereocenters. The second-order valence-corrected chi connectivity index (χ2v) is 6.32. The maximum absolute atomic E-state index is 12.2. The predicted octanol–water partition coefficient (Wildman–Crippen LogP) is 0.00780.